The summed E-state index contributed by atoms with van der Waals surface area (Å²) in [5.74, 6) is 0.203. The van der Waals surface area contributed by atoms with Gasteiger partial charge in [0.15, 0.2) is 5.78 Å². The summed E-state index contributed by atoms with van der Waals surface area (Å²) in [5, 5.41) is 8.82. The molecule has 0 spiro atoms. The second-order valence-corrected chi connectivity index (χ2v) is 6.69. The van der Waals surface area contributed by atoms with Crippen LogP contribution >= 0.6 is 0 Å². The Morgan fingerprint density at radius 2 is 1.28 bits per heavy atom. The van der Waals surface area contributed by atoms with E-state index in [1.54, 1.807) is 0 Å². The molecule has 2 nitrogen and oxygen atoms in total. The molecule has 2 aromatic rings. The molecule has 1 aliphatic rings. The molecule has 1 N–H and O–H groups in total. The van der Waals surface area contributed by atoms with Gasteiger partial charge in [-0.1, -0.05) is 80.3 Å². The van der Waals surface area contributed by atoms with E-state index in [1.807, 2.05) is 36.4 Å². The van der Waals surface area contributed by atoms with E-state index in [1.165, 1.54) is 12.8 Å². The molecule has 0 amide bonds. The van der Waals surface area contributed by atoms with Crippen LogP contribution in [0.2, 0.25) is 0 Å². The van der Waals surface area contributed by atoms with Crippen LogP contribution in [0.15, 0.2) is 60.2 Å². The summed E-state index contributed by atoms with van der Waals surface area (Å²) in [4.78, 5) is 12.9. The number of Topliss-reactive ketones (excluding diaryl/α,β-unsaturated/α-hetero) is 1. The van der Waals surface area contributed by atoms with Crippen molar-refractivity contribution >= 4 is 11.4 Å². The summed E-state index contributed by atoms with van der Waals surface area (Å²) in [6.07, 6.45) is 7.37. The van der Waals surface area contributed by atoms with Gasteiger partial charge in [-0.05, 0) is 36.0 Å². The highest BCUT2D eigenvalue weighted by Gasteiger charge is 2.29. The van der Waals surface area contributed by atoms with Gasteiger partial charge in [-0.15, -0.1) is 0 Å². The zero-order chi connectivity index (χ0) is 17.5. The Balaban J connectivity index is 1.74. The molecule has 0 radical (unpaired) electrons. The third-order valence-corrected chi connectivity index (χ3v) is 4.91. The Labute approximate surface area is 150 Å². The molecule has 0 saturated heterocycles. The fourth-order valence-electron chi connectivity index (χ4n) is 3.63. The largest absolute Gasteiger partial charge is 0.396 e. The molecule has 0 unspecified atom stereocenters. The highest BCUT2D eigenvalue weighted by atomic mass is 16.2. The Bertz CT molecular complexity index is 744. The molecule has 130 valence electrons. The zero-order valence-electron chi connectivity index (χ0n) is 14.7. The summed E-state index contributed by atoms with van der Waals surface area (Å²) < 4.78 is 0. The van der Waals surface area contributed by atoms with Gasteiger partial charge in [-0.25, -0.2) is 0 Å². The van der Waals surface area contributed by atoms with E-state index in [2.05, 4.69) is 18.2 Å². The number of carbonyl (C=O) groups excluding carboxylic acids is 1. The maximum Gasteiger partial charge on any atom is 0.190 e. The van der Waals surface area contributed by atoms with E-state index < -0.39 is 0 Å². The number of ketones is 1. The van der Waals surface area contributed by atoms with Crippen LogP contribution < -0.4 is 0 Å². The number of hydrogen-bond acceptors (Lipinski definition) is 2. The second kappa shape index (κ2) is 8.77. The normalized spacial score (nSPS) is 13.4. The van der Waals surface area contributed by atoms with Crippen molar-refractivity contribution < 1.29 is 9.90 Å². The van der Waals surface area contributed by atoms with Crippen molar-refractivity contribution in [2.24, 2.45) is 0 Å². The number of aliphatic hydroxyl groups is 1. The molecule has 2 aromatic carbocycles. The fourth-order valence-corrected chi connectivity index (χ4v) is 3.63. The van der Waals surface area contributed by atoms with Gasteiger partial charge in [-0.3, -0.25) is 4.79 Å². The molecule has 2 heteroatoms. The minimum atomic E-state index is 0.203. The van der Waals surface area contributed by atoms with Gasteiger partial charge >= 0.3 is 0 Å². The fraction of sp³-hybridized carbons (Fsp3) is 0.348. The molecule has 0 saturated carbocycles. The van der Waals surface area contributed by atoms with Crippen LogP contribution in [-0.2, 0) is 0 Å². The third-order valence-electron chi connectivity index (χ3n) is 4.91. The average Bonchev–Trinajstić information content (AvgIpc) is 2.94. The first-order valence-electron chi connectivity index (χ1n) is 9.36. The van der Waals surface area contributed by atoms with E-state index in [-0.39, 0.29) is 5.78 Å². The highest BCUT2D eigenvalue weighted by Crippen LogP contribution is 2.39. The van der Waals surface area contributed by atoms with Gasteiger partial charge in [0.1, 0.15) is 0 Å². The molecule has 0 heterocycles. The van der Waals surface area contributed by atoms with Crippen LogP contribution in [-0.4, -0.2) is 17.5 Å². The van der Waals surface area contributed by atoms with Crippen LogP contribution in [0.3, 0.4) is 0 Å². The van der Waals surface area contributed by atoms with Crippen LogP contribution in [0.25, 0.3) is 5.57 Å². The Morgan fingerprint density at radius 1 is 0.680 bits per heavy atom. The Kier molecular flexibility index (Phi) is 6.19. The van der Waals surface area contributed by atoms with Crippen LogP contribution in [0.4, 0.5) is 0 Å². The average molecular weight is 334 g/mol. The molecule has 25 heavy (non-hydrogen) atoms. The monoisotopic (exact) mass is 334 g/mol. The van der Waals surface area contributed by atoms with Gasteiger partial charge in [-0.2, -0.15) is 0 Å². The smallest absolute Gasteiger partial charge is 0.190 e. The predicted molar refractivity (Wildman–Crippen MR) is 103 cm³/mol. The zero-order valence-corrected chi connectivity index (χ0v) is 14.7. The number of rotatable bonds is 9. The molecular weight excluding hydrogens is 308 g/mol. The number of aliphatic hydroxyl groups excluding tert-OH is 1. The SMILES string of the molecule is O=C1C(CCCCCCCCO)=C(c2ccccc2)c2ccccc21. The van der Waals surface area contributed by atoms with Gasteiger partial charge in [0.2, 0.25) is 0 Å². The van der Waals surface area contributed by atoms with Crippen molar-refractivity contribution in [2.45, 2.75) is 44.9 Å². The summed E-state index contributed by atoms with van der Waals surface area (Å²) in [5.41, 5.74) is 5.17. The number of hydrogen-bond donors (Lipinski definition) is 1. The van der Waals surface area contributed by atoms with E-state index in [0.717, 1.165) is 59.9 Å². The van der Waals surface area contributed by atoms with Crippen molar-refractivity contribution in [3.05, 3.63) is 76.9 Å². The van der Waals surface area contributed by atoms with Crippen molar-refractivity contribution in [3.63, 3.8) is 0 Å². The summed E-state index contributed by atoms with van der Waals surface area (Å²) in [6.45, 7) is 0.292. The van der Waals surface area contributed by atoms with Crippen molar-refractivity contribution in [1.29, 1.82) is 0 Å². The second-order valence-electron chi connectivity index (χ2n) is 6.69. The minimum Gasteiger partial charge on any atom is -0.396 e. The van der Waals surface area contributed by atoms with Crippen molar-refractivity contribution in [3.8, 4) is 0 Å². The molecule has 0 aromatic heterocycles. The lowest BCUT2D eigenvalue weighted by Gasteiger charge is -2.08. The summed E-state index contributed by atoms with van der Waals surface area (Å²) in [7, 11) is 0. The molecule has 1 aliphatic carbocycles. The summed E-state index contributed by atoms with van der Waals surface area (Å²) >= 11 is 0. The molecule has 0 aliphatic heterocycles. The number of carbonyl (C=O) groups is 1. The van der Waals surface area contributed by atoms with Gasteiger partial charge in [0.05, 0.1) is 0 Å². The molecule has 3 rings (SSSR count). The predicted octanol–water partition coefficient (Wildman–Crippen LogP) is 5.41. The summed E-state index contributed by atoms with van der Waals surface area (Å²) in [6, 6.07) is 18.2. The number of fused-ring (bicyclic) bond motifs is 1. The lowest BCUT2D eigenvalue weighted by Crippen LogP contribution is -1.99. The molecule has 0 bridgehead atoms. The molecular formula is C23H26O2. The number of allylic oxidation sites excluding steroid dienone is 1. The standard InChI is InChI=1S/C23H26O2/c24-17-11-4-2-1-3-8-16-21-22(18-12-6-5-7-13-18)19-14-9-10-15-20(19)23(21)25/h5-7,9-10,12-15,24H,1-4,8,11,16-17H2. The Hall–Kier alpha value is -2.19. The molecule has 0 atom stereocenters. The maximum absolute atomic E-state index is 12.9. The lowest BCUT2D eigenvalue weighted by atomic mass is 9.95. The van der Waals surface area contributed by atoms with Crippen LogP contribution in [0.1, 0.15) is 66.4 Å². The highest BCUT2D eigenvalue weighted by molar-refractivity contribution is 6.22. The quantitative estimate of drug-likeness (QED) is 0.623. The number of unbranched alkanes of at least 4 members (excludes halogenated alkanes) is 5. The van der Waals surface area contributed by atoms with Crippen molar-refractivity contribution in [2.75, 3.05) is 6.61 Å². The van der Waals surface area contributed by atoms with Crippen LogP contribution in [0.5, 0.6) is 0 Å². The van der Waals surface area contributed by atoms with E-state index in [9.17, 15) is 4.79 Å². The maximum atomic E-state index is 12.9. The van der Waals surface area contributed by atoms with E-state index in [0.29, 0.717) is 6.61 Å². The first-order chi connectivity index (χ1) is 12.3. The first-order valence-corrected chi connectivity index (χ1v) is 9.36. The Morgan fingerprint density at radius 3 is 2.00 bits per heavy atom. The van der Waals surface area contributed by atoms with Gasteiger partial charge in [0, 0.05) is 17.7 Å². The minimum absolute atomic E-state index is 0.203. The van der Waals surface area contributed by atoms with E-state index >= 15 is 0 Å². The van der Waals surface area contributed by atoms with Gasteiger partial charge < -0.3 is 5.11 Å². The lowest BCUT2D eigenvalue weighted by molar-refractivity contribution is 0.103. The topological polar surface area (TPSA) is 37.3 Å². The third kappa shape index (κ3) is 4.08. The van der Waals surface area contributed by atoms with Crippen molar-refractivity contribution in [1.82, 2.24) is 0 Å². The van der Waals surface area contributed by atoms with Gasteiger partial charge in [0.25, 0.3) is 0 Å². The first kappa shape index (κ1) is 17.6. The molecule has 0 fully saturated rings. The number of benzene rings is 2. The van der Waals surface area contributed by atoms with Crippen LogP contribution in [0, 0.1) is 0 Å². The van der Waals surface area contributed by atoms with E-state index in [4.69, 9.17) is 5.11 Å².